The molecule has 0 saturated carbocycles. The van der Waals surface area contributed by atoms with Crippen LogP contribution in [0.3, 0.4) is 0 Å². The largest absolute Gasteiger partial charge is 0.326 e. The summed E-state index contributed by atoms with van der Waals surface area (Å²) in [5.74, 6) is -0.585. The van der Waals surface area contributed by atoms with Crippen molar-refractivity contribution in [1.82, 2.24) is 5.01 Å². The number of anilines is 1. The zero-order valence-corrected chi connectivity index (χ0v) is 21.5. The number of nitrogens with one attached hydrogen (secondary N) is 1. The van der Waals surface area contributed by atoms with Gasteiger partial charge in [0, 0.05) is 23.6 Å². The Labute approximate surface area is 219 Å². The molecule has 8 heteroatoms. The molecule has 3 aromatic carbocycles. The van der Waals surface area contributed by atoms with E-state index in [9.17, 15) is 9.59 Å². The number of carbonyl (C=O) groups excluding carboxylic acids is 2. The fourth-order valence-electron chi connectivity index (χ4n) is 4.21. The lowest BCUT2D eigenvalue weighted by Crippen LogP contribution is -2.25. The van der Waals surface area contributed by atoms with Crippen LogP contribution in [-0.2, 0) is 9.59 Å². The van der Waals surface area contributed by atoms with Crippen LogP contribution in [0.5, 0.6) is 0 Å². The van der Waals surface area contributed by atoms with Crippen LogP contribution in [0.25, 0.3) is 0 Å². The van der Waals surface area contributed by atoms with Crippen molar-refractivity contribution in [2.45, 2.75) is 38.0 Å². The Morgan fingerprint density at radius 1 is 1.06 bits per heavy atom. The van der Waals surface area contributed by atoms with Gasteiger partial charge in [-0.3, -0.25) is 9.59 Å². The number of hydrazone groups is 1. The maximum Gasteiger partial charge on any atom is 0.262 e. The second kappa shape index (κ2) is 10.3. The summed E-state index contributed by atoms with van der Waals surface area (Å²) < 4.78 is 0. The summed E-state index contributed by atoms with van der Waals surface area (Å²) in [7, 11) is 0. The average molecular weight is 517 g/mol. The lowest BCUT2D eigenvalue weighted by atomic mass is 9.97. The van der Waals surface area contributed by atoms with Crippen molar-refractivity contribution in [2.24, 2.45) is 10.1 Å². The minimum Gasteiger partial charge on any atom is -0.326 e. The third-order valence-electron chi connectivity index (χ3n) is 6.16. The first-order chi connectivity index (χ1) is 17.4. The number of hydrogen-bond donors (Lipinski definition) is 1. The number of amidine groups is 1. The molecule has 0 spiro atoms. The van der Waals surface area contributed by atoms with Crippen LogP contribution >= 0.6 is 23.4 Å². The highest BCUT2D eigenvalue weighted by atomic mass is 35.5. The fraction of sp³-hybridized carbons (Fsp3) is 0.214. The first kappa shape index (κ1) is 24.3. The standard InChI is InChI=1S/C28H25ClN4O2S/c1-17-6-10-19(11-7-17)23-15-24(20-12-8-18(2)9-13-20)33(32-23)28-31-27(35)25(36-28)16-26(34)30-22-5-3-4-21(29)14-22/h3-14,24-25H,15-16H2,1-2H3,(H,30,34)/t24-,25+/m1/s1. The summed E-state index contributed by atoms with van der Waals surface area (Å²) in [6, 6.07) is 23.5. The normalized spacial score (nSPS) is 19.3. The van der Waals surface area contributed by atoms with E-state index in [1.165, 1.54) is 22.9 Å². The molecule has 0 aromatic heterocycles. The number of benzene rings is 3. The molecule has 0 radical (unpaired) electrons. The molecule has 0 bridgehead atoms. The van der Waals surface area contributed by atoms with Gasteiger partial charge in [-0.25, -0.2) is 5.01 Å². The summed E-state index contributed by atoms with van der Waals surface area (Å²) in [5, 5.41) is 10.0. The van der Waals surface area contributed by atoms with E-state index in [-0.39, 0.29) is 24.3 Å². The first-order valence-corrected chi connectivity index (χ1v) is 13.0. The number of hydrogen-bond acceptors (Lipinski definition) is 5. The van der Waals surface area contributed by atoms with Gasteiger partial charge in [0.15, 0.2) is 5.17 Å². The van der Waals surface area contributed by atoms with Gasteiger partial charge in [-0.15, -0.1) is 0 Å². The lowest BCUT2D eigenvalue weighted by Gasteiger charge is -2.23. The topological polar surface area (TPSA) is 74.1 Å². The van der Waals surface area contributed by atoms with E-state index in [0.29, 0.717) is 22.3 Å². The molecular weight excluding hydrogens is 492 g/mol. The molecule has 5 rings (SSSR count). The van der Waals surface area contributed by atoms with Crippen molar-refractivity contribution >= 4 is 51.7 Å². The van der Waals surface area contributed by atoms with Gasteiger partial charge in [0.25, 0.3) is 5.91 Å². The van der Waals surface area contributed by atoms with Crippen LogP contribution in [0.1, 0.15) is 41.1 Å². The van der Waals surface area contributed by atoms with Gasteiger partial charge in [0.2, 0.25) is 5.91 Å². The summed E-state index contributed by atoms with van der Waals surface area (Å²) in [5.41, 5.74) is 6.05. The molecule has 1 N–H and O–H groups in total. The van der Waals surface area contributed by atoms with Crippen molar-refractivity contribution in [3.05, 3.63) is 100 Å². The Morgan fingerprint density at radius 2 is 1.75 bits per heavy atom. The van der Waals surface area contributed by atoms with E-state index in [1.54, 1.807) is 24.3 Å². The maximum absolute atomic E-state index is 12.8. The number of aliphatic imine (C=N–C) groups is 1. The summed E-state index contributed by atoms with van der Waals surface area (Å²) in [6.07, 6.45) is 0.709. The predicted molar refractivity (Wildman–Crippen MR) is 147 cm³/mol. The quantitative estimate of drug-likeness (QED) is 0.442. The highest BCUT2D eigenvalue weighted by Crippen LogP contribution is 2.38. The van der Waals surface area contributed by atoms with Crippen molar-refractivity contribution in [2.75, 3.05) is 5.32 Å². The summed E-state index contributed by atoms with van der Waals surface area (Å²) in [6.45, 7) is 4.11. The van der Waals surface area contributed by atoms with Crippen LogP contribution < -0.4 is 5.32 Å². The van der Waals surface area contributed by atoms with Gasteiger partial charge in [-0.05, 0) is 43.2 Å². The number of amides is 2. The van der Waals surface area contributed by atoms with Gasteiger partial charge in [0.05, 0.1) is 11.8 Å². The number of aryl methyl sites for hydroxylation is 2. The Balaban J connectivity index is 1.35. The van der Waals surface area contributed by atoms with Gasteiger partial charge in [0.1, 0.15) is 5.25 Å². The Hall–Kier alpha value is -3.42. The molecule has 0 saturated heterocycles. The summed E-state index contributed by atoms with van der Waals surface area (Å²) in [4.78, 5) is 29.7. The fourth-order valence-corrected chi connectivity index (χ4v) is 5.46. The molecule has 0 fully saturated rings. The molecular formula is C28H25ClN4O2S. The van der Waals surface area contributed by atoms with Gasteiger partial charge >= 0.3 is 0 Å². The van der Waals surface area contributed by atoms with E-state index in [1.807, 2.05) is 5.01 Å². The Morgan fingerprint density at radius 3 is 2.44 bits per heavy atom. The first-order valence-electron chi connectivity index (χ1n) is 11.7. The number of thioether (sulfide) groups is 1. The minimum atomic E-state index is -0.600. The SMILES string of the molecule is Cc1ccc(C2=NN(C3=NC(=O)[C@H](CC(=O)Nc4cccc(Cl)c4)S3)[C@@H](c3ccc(C)cc3)C2)cc1. The van der Waals surface area contributed by atoms with E-state index in [4.69, 9.17) is 16.7 Å². The molecule has 0 aliphatic carbocycles. The highest BCUT2D eigenvalue weighted by molar-refractivity contribution is 8.15. The van der Waals surface area contributed by atoms with Crippen molar-refractivity contribution in [3.8, 4) is 0 Å². The number of halogens is 1. The molecule has 2 amide bonds. The number of carbonyl (C=O) groups is 2. The Bertz CT molecular complexity index is 1370. The monoisotopic (exact) mass is 516 g/mol. The van der Waals surface area contributed by atoms with Gasteiger partial charge < -0.3 is 5.32 Å². The van der Waals surface area contributed by atoms with E-state index in [2.05, 4.69) is 72.7 Å². The lowest BCUT2D eigenvalue weighted by molar-refractivity contribution is -0.121. The second-order valence-corrected chi connectivity index (χ2v) is 10.6. The molecule has 2 atom stereocenters. The van der Waals surface area contributed by atoms with E-state index in [0.717, 1.165) is 16.8 Å². The van der Waals surface area contributed by atoms with Crippen LogP contribution in [0.4, 0.5) is 5.69 Å². The van der Waals surface area contributed by atoms with E-state index >= 15 is 0 Å². The van der Waals surface area contributed by atoms with Crippen molar-refractivity contribution in [1.29, 1.82) is 0 Å². The highest BCUT2D eigenvalue weighted by Gasteiger charge is 2.39. The molecule has 182 valence electrons. The number of nitrogens with zero attached hydrogens (tertiary/aromatic N) is 3. The molecule has 36 heavy (non-hydrogen) atoms. The average Bonchev–Trinajstić information content (AvgIpc) is 3.44. The van der Waals surface area contributed by atoms with Gasteiger partial charge in [-0.2, -0.15) is 10.1 Å². The smallest absolute Gasteiger partial charge is 0.262 e. The van der Waals surface area contributed by atoms with Crippen molar-refractivity contribution in [3.63, 3.8) is 0 Å². The number of rotatable bonds is 5. The molecule has 2 aliphatic heterocycles. The maximum atomic E-state index is 12.8. The molecule has 6 nitrogen and oxygen atoms in total. The summed E-state index contributed by atoms with van der Waals surface area (Å²) >= 11 is 7.30. The van der Waals surface area contributed by atoms with Crippen LogP contribution in [-0.4, -0.2) is 33.0 Å². The molecule has 3 aromatic rings. The Kier molecular flexibility index (Phi) is 6.94. The molecule has 0 unspecified atom stereocenters. The van der Waals surface area contributed by atoms with Crippen molar-refractivity contribution < 1.29 is 9.59 Å². The van der Waals surface area contributed by atoms with E-state index < -0.39 is 5.25 Å². The van der Waals surface area contributed by atoms with Crippen LogP contribution in [0, 0.1) is 13.8 Å². The second-order valence-electron chi connectivity index (χ2n) is 8.99. The van der Waals surface area contributed by atoms with Gasteiger partial charge in [-0.1, -0.05) is 89.1 Å². The zero-order valence-electron chi connectivity index (χ0n) is 19.9. The van der Waals surface area contributed by atoms with Crippen LogP contribution in [0.15, 0.2) is 82.9 Å². The molecule has 2 heterocycles. The van der Waals surface area contributed by atoms with Crippen LogP contribution in [0.2, 0.25) is 5.02 Å². The third kappa shape index (κ3) is 5.37. The molecule has 2 aliphatic rings. The third-order valence-corrected chi connectivity index (χ3v) is 7.54. The zero-order chi connectivity index (χ0) is 25.2. The minimum absolute atomic E-state index is 0.0145. The predicted octanol–water partition coefficient (Wildman–Crippen LogP) is 6.13.